The topological polar surface area (TPSA) is 254 Å². The number of aromatic amines is 1. The number of benzene rings is 3. The smallest absolute Gasteiger partial charge is 0.326 e. The number of aliphatic carboxylic acids is 1. The average molecular weight is 712 g/mol. The van der Waals surface area contributed by atoms with Crippen LogP contribution < -0.4 is 38.5 Å². The van der Waals surface area contributed by atoms with Gasteiger partial charge in [0.2, 0.25) is 17.7 Å². The minimum Gasteiger partial charge on any atom is -0.480 e. The Hall–Kier alpha value is -5.73. The number of hydrogen-bond acceptors (Lipinski definition) is 7. The lowest BCUT2D eigenvalue weighted by Gasteiger charge is -2.25. The van der Waals surface area contributed by atoms with Gasteiger partial charge in [0.25, 0.3) is 0 Å². The number of H-pyrrole nitrogens is 1. The molecule has 52 heavy (non-hydrogen) atoms. The van der Waals surface area contributed by atoms with Crippen LogP contribution in [0.5, 0.6) is 0 Å². The van der Waals surface area contributed by atoms with Crippen molar-refractivity contribution in [3.05, 3.63) is 96.2 Å². The molecule has 0 aliphatic rings. The Labute approximate surface area is 302 Å². The molecular weight excluding hydrogens is 662 g/mol. The first kappa shape index (κ1) is 39.1. The molecule has 0 unspecified atom stereocenters. The summed E-state index contributed by atoms with van der Waals surface area (Å²) >= 11 is 0. The summed E-state index contributed by atoms with van der Waals surface area (Å²) in [6.45, 7) is 0.649. The summed E-state index contributed by atoms with van der Waals surface area (Å²) in [5.41, 5.74) is 21.8. The van der Waals surface area contributed by atoms with Gasteiger partial charge in [0.15, 0.2) is 5.96 Å². The second kappa shape index (κ2) is 19.6. The Bertz CT molecular complexity index is 1800. The predicted molar refractivity (Wildman–Crippen MR) is 201 cm³/mol. The largest absolute Gasteiger partial charge is 0.480 e. The van der Waals surface area contributed by atoms with Gasteiger partial charge in [-0.25, -0.2) is 4.79 Å². The first-order chi connectivity index (χ1) is 25.0. The first-order valence-corrected chi connectivity index (χ1v) is 17.4. The van der Waals surface area contributed by atoms with E-state index in [1.807, 2.05) is 78.9 Å². The van der Waals surface area contributed by atoms with Crippen molar-refractivity contribution in [3.8, 4) is 11.1 Å². The molecule has 4 rings (SSSR count). The van der Waals surface area contributed by atoms with E-state index in [9.17, 15) is 24.3 Å². The second-order valence-corrected chi connectivity index (χ2v) is 12.7. The number of hydrogen-bond donors (Lipinski definition) is 10. The van der Waals surface area contributed by atoms with Crippen molar-refractivity contribution in [1.82, 2.24) is 26.3 Å². The van der Waals surface area contributed by atoms with E-state index in [1.165, 1.54) is 0 Å². The summed E-state index contributed by atoms with van der Waals surface area (Å²) in [7, 11) is 0. The van der Waals surface area contributed by atoms with Crippen LogP contribution in [0.25, 0.3) is 22.0 Å². The van der Waals surface area contributed by atoms with E-state index in [0.29, 0.717) is 25.8 Å². The molecule has 0 fully saturated rings. The molecule has 3 amide bonds. The predicted octanol–water partition coefficient (Wildman–Crippen LogP) is 1.88. The van der Waals surface area contributed by atoms with Gasteiger partial charge in [-0.3, -0.25) is 19.8 Å². The van der Waals surface area contributed by atoms with Gasteiger partial charge in [0.05, 0.1) is 6.04 Å². The molecule has 1 aromatic heterocycles. The number of para-hydroxylation sites is 1. The monoisotopic (exact) mass is 711 g/mol. The number of unbranched alkanes of at least 4 members (excludes halogenated alkanes) is 1. The van der Waals surface area contributed by atoms with E-state index in [1.54, 1.807) is 6.20 Å². The number of rotatable bonds is 20. The number of amides is 3. The third-order valence-electron chi connectivity index (χ3n) is 8.76. The standard InChI is InChI=1S/C38H49N9O5/c39-19-7-6-13-32(37(51)52)46-36(50)33(22-27-23-44-30-12-5-4-11-28(27)30)47-35(49)31(14-8-20-43-38(41)42)45-34(48)29(40)21-24-15-17-26(18-16-24)25-9-2-1-3-10-25/h1-5,9-12,15-18,23,29,31-33,44H,6-8,13-14,19-22,39-40H2,(H,45,48)(H,46,50)(H,47,49)(H,51,52)(H4,41,42,43)/t29-,31-,32-,33-/m0/s1. The van der Waals surface area contributed by atoms with Crippen LogP contribution in [0.2, 0.25) is 0 Å². The zero-order chi connectivity index (χ0) is 37.5. The van der Waals surface area contributed by atoms with Gasteiger partial charge >= 0.3 is 5.97 Å². The SMILES string of the molecule is N=C(N)NCCC[C@H](NC(=O)[C@@H](N)Cc1ccc(-c2ccccc2)cc1)C(=O)N[C@@H](Cc1c[nH]c2ccccc12)C(=O)N[C@@H](CCCCN)C(=O)O. The van der Waals surface area contributed by atoms with Crippen LogP contribution in [0.4, 0.5) is 0 Å². The summed E-state index contributed by atoms with van der Waals surface area (Å²) in [5, 5.41) is 28.9. The number of carbonyl (C=O) groups excluding carboxylic acids is 3. The fourth-order valence-corrected chi connectivity index (χ4v) is 5.91. The highest BCUT2D eigenvalue weighted by molar-refractivity contribution is 5.95. The van der Waals surface area contributed by atoms with E-state index in [-0.39, 0.29) is 38.2 Å². The highest BCUT2D eigenvalue weighted by Crippen LogP contribution is 2.21. The first-order valence-electron chi connectivity index (χ1n) is 17.4. The van der Waals surface area contributed by atoms with Gasteiger partial charge in [-0.1, -0.05) is 72.8 Å². The number of carboxylic acid groups (broad SMARTS) is 1. The van der Waals surface area contributed by atoms with Gasteiger partial charge in [0.1, 0.15) is 18.1 Å². The van der Waals surface area contributed by atoms with Crippen LogP contribution in [0.1, 0.15) is 43.2 Å². The highest BCUT2D eigenvalue weighted by atomic mass is 16.4. The Morgan fingerprint density at radius 2 is 1.35 bits per heavy atom. The molecule has 13 N–H and O–H groups in total. The van der Waals surface area contributed by atoms with Crippen molar-refractivity contribution < 1.29 is 24.3 Å². The Kier molecular flexibility index (Phi) is 14.7. The lowest BCUT2D eigenvalue weighted by molar-refractivity contribution is -0.142. The molecule has 14 nitrogen and oxygen atoms in total. The van der Waals surface area contributed by atoms with Crippen molar-refractivity contribution >= 4 is 40.6 Å². The van der Waals surface area contributed by atoms with Crippen molar-refractivity contribution in [1.29, 1.82) is 5.41 Å². The molecule has 3 aromatic carbocycles. The number of fused-ring (bicyclic) bond motifs is 1. The minimum atomic E-state index is -1.20. The molecule has 14 heteroatoms. The van der Waals surface area contributed by atoms with Gasteiger partial charge in [-0.05, 0) is 73.4 Å². The number of carbonyl (C=O) groups is 4. The second-order valence-electron chi connectivity index (χ2n) is 12.7. The van der Waals surface area contributed by atoms with E-state index in [4.69, 9.17) is 22.6 Å². The van der Waals surface area contributed by atoms with Gasteiger partial charge in [0, 0.05) is 30.1 Å². The summed E-state index contributed by atoms with van der Waals surface area (Å²) in [6.07, 6.45) is 3.73. The summed E-state index contributed by atoms with van der Waals surface area (Å²) in [5.74, 6) is -3.33. The normalized spacial score (nSPS) is 13.3. The molecule has 0 saturated heterocycles. The van der Waals surface area contributed by atoms with E-state index >= 15 is 0 Å². The van der Waals surface area contributed by atoms with Crippen LogP contribution in [-0.2, 0) is 32.0 Å². The van der Waals surface area contributed by atoms with Gasteiger partial charge in [-0.15, -0.1) is 0 Å². The Balaban J connectivity index is 1.51. The molecule has 0 saturated carbocycles. The summed E-state index contributed by atoms with van der Waals surface area (Å²) < 4.78 is 0. The van der Waals surface area contributed by atoms with E-state index in [0.717, 1.165) is 33.2 Å². The molecule has 0 radical (unpaired) electrons. The lowest BCUT2D eigenvalue weighted by Crippen LogP contribution is -2.57. The Morgan fingerprint density at radius 1 is 0.731 bits per heavy atom. The highest BCUT2D eigenvalue weighted by Gasteiger charge is 2.31. The number of carboxylic acids is 1. The minimum absolute atomic E-state index is 0.0434. The quantitative estimate of drug-likeness (QED) is 0.0364. The number of nitrogens with one attached hydrogen (secondary N) is 6. The van der Waals surface area contributed by atoms with Crippen molar-refractivity contribution in [2.75, 3.05) is 13.1 Å². The molecule has 0 bridgehead atoms. The van der Waals surface area contributed by atoms with Crippen LogP contribution in [0, 0.1) is 5.41 Å². The fourth-order valence-electron chi connectivity index (χ4n) is 5.91. The number of nitrogens with two attached hydrogens (primary N) is 3. The maximum absolute atomic E-state index is 13.9. The molecule has 0 spiro atoms. The van der Waals surface area contributed by atoms with Crippen LogP contribution in [0.3, 0.4) is 0 Å². The van der Waals surface area contributed by atoms with Crippen molar-refractivity contribution in [3.63, 3.8) is 0 Å². The van der Waals surface area contributed by atoms with Crippen molar-refractivity contribution in [2.45, 2.75) is 69.1 Å². The average Bonchev–Trinajstić information content (AvgIpc) is 3.55. The van der Waals surface area contributed by atoms with E-state index in [2.05, 4.69) is 26.3 Å². The lowest BCUT2D eigenvalue weighted by atomic mass is 10.00. The molecule has 276 valence electrons. The zero-order valence-electron chi connectivity index (χ0n) is 29.1. The fraction of sp³-hybridized carbons (Fsp3) is 0.342. The molecule has 4 aromatic rings. The molecule has 0 aliphatic carbocycles. The van der Waals surface area contributed by atoms with Gasteiger partial charge in [-0.2, -0.15) is 0 Å². The van der Waals surface area contributed by atoms with Crippen molar-refractivity contribution in [2.24, 2.45) is 17.2 Å². The number of guanidine groups is 1. The molecular formula is C38H49N9O5. The molecule has 4 atom stereocenters. The molecule has 1 heterocycles. The maximum atomic E-state index is 13.9. The van der Waals surface area contributed by atoms with Crippen LogP contribution >= 0.6 is 0 Å². The van der Waals surface area contributed by atoms with Crippen LogP contribution in [0.15, 0.2) is 85.1 Å². The Morgan fingerprint density at radius 3 is 2.04 bits per heavy atom. The zero-order valence-corrected chi connectivity index (χ0v) is 29.1. The molecule has 0 aliphatic heterocycles. The van der Waals surface area contributed by atoms with Crippen LogP contribution in [-0.4, -0.2) is 77.0 Å². The summed E-state index contributed by atoms with van der Waals surface area (Å²) in [6, 6.07) is 20.6. The maximum Gasteiger partial charge on any atom is 0.326 e. The number of aromatic nitrogens is 1. The third-order valence-corrected chi connectivity index (χ3v) is 8.76. The van der Waals surface area contributed by atoms with Gasteiger partial charge < -0.3 is 48.6 Å². The van der Waals surface area contributed by atoms with E-state index < -0.39 is 47.9 Å². The third kappa shape index (κ3) is 11.7. The summed E-state index contributed by atoms with van der Waals surface area (Å²) in [4.78, 5) is 56.3.